The molecular formula is C16H12F3N5O. The molecule has 1 aromatic carbocycles. The second-order valence-electron chi connectivity index (χ2n) is 5.08. The van der Waals surface area contributed by atoms with Crippen molar-refractivity contribution in [2.75, 3.05) is 5.32 Å². The lowest BCUT2D eigenvalue weighted by atomic mass is 10.0. The Labute approximate surface area is 140 Å². The molecule has 0 bridgehead atoms. The molecule has 0 fully saturated rings. The molecule has 3 aromatic rings. The van der Waals surface area contributed by atoms with Crippen LogP contribution in [0.1, 0.15) is 17.1 Å². The zero-order valence-electron chi connectivity index (χ0n) is 12.7. The van der Waals surface area contributed by atoms with Crippen molar-refractivity contribution < 1.29 is 17.7 Å². The van der Waals surface area contributed by atoms with Crippen LogP contribution in [-0.4, -0.2) is 21.3 Å². The van der Waals surface area contributed by atoms with Gasteiger partial charge < -0.3 is 15.2 Å². The lowest BCUT2D eigenvalue weighted by molar-refractivity contribution is -0.137. The summed E-state index contributed by atoms with van der Waals surface area (Å²) in [5.74, 6) is 0.403. The van der Waals surface area contributed by atoms with Crippen molar-refractivity contribution in [2.45, 2.75) is 12.7 Å². The summed E-state index contributed by atoms with van der Waals surface area (Å²) >= 11 is 0. The van der Waals surface area contributed by atoms with E-state index in [1.54, 1.807) is 12.1 Å². The van der Waals surface area contributed by atoms with Crippen LogP contribution in [0.25, 0.3) is 11.1 Å². The summed E-state index contributed by atoms with van der Waals surface area (Å²) in [5.41, 5.74) is 0.963. The SMILES string of the molecule is N=Cc1ncc(-c2cccc(C(F)(F)F)c2)cc1NCc1ncon1. The standard InChI is InChI=1S/C16H12F3N5O/c17-16(18,19)12-3-1-2-10(4-12)11-5-13(14(6-20)21-7-11)22-8-15-23-9-25-24-15/h1-7,9,20,22H,8H2. The molecule has 0 saturated carbocycles. The molecule has 0 unspecified atom stereocenters. The topological polar surface area (TPSA) is 87.7 Å². The maximum atomic E-state index is 12.9. The number of anilines is 1. The van der Waals surface area contributed by atoms with Crippen molar-refractivity contribution in [2.24, 2.45) is 0 Å². The van der Waals surface area contributed by atoms with Crippen LogP contribution in [0, 0.1) is 5.41 Å². The Balaban J connectivity index is 1.92. The number of nitrogens with zero attached hydrogens (tertiary/aromatic N) is 3. The first-order valence-electron chi connectivity index (χ1n) is 7.14. The van der Waals surface area contributed by atoms with Gasteiger partial charge in [0, 0.05) is 18.0 Å². The van der Waals surface area contributed by atoms with Crippen molar-refractivity contribution in [3.05, 3.63) is 60.0 Å². The zero-order valence-corrected chi connectivity index (χ0v) is 12.7. The van der Waals surface area contributed by atoms with Gasteiger partial charge in [0.2, 0.25) is 6.39 Å². The molecule has 6 nitrogen and oxygen atoms in total. The van der Waals surface area contributed by atoms with Crippen LogP contribution in [-0.2, 0) is 12.7 Å². The Bertz CT molecular complexity index is 878. The largest absolute Gasteiger partial charge is 0.416 e. The van der Waals surface area contributed by atoms with E-state index in [4.69, 9.17) is 5.41 Å². The highest BCUT2D eigenvalue weighted by Gasteiger charge is 2.30. The molecule has 9 heteroatoms. The van der Waals surface area contributed by atoms with Crippen molar-refractivity contribution in [3.8, 4) is 11.1 Å². The third kappa shape index (κ3) is 3.82. The van der Waals surface area contributed by atoms with Crippen molar-refractivity contribution in [3.63, 3.8) is 0 Å². The Morgan fingerprint density at radius 1 is 1.16 bits per heavy atom. The Kier molecular flexibility index (Phi) is 4.46. The van der Waals surface area contributed by atoms with Gasteiger partial charge in [-0.15, -0.1) is 0 Å². The van der Waals surface area contributed by atoms with E-state index in [-0.39, 0.29) is 6.54 Å². The number of hydrogen-bond acceptors (Lipinski definition) is 6. The van der Waals surface area contributed by atoms with E-state index < -0.39 is 11.7 Å². The highest BCUT2D eigenvalue weighted by Crippen LogP contribution is 2.32. The van der Waals surface area contributed by atoms with E-state index in [0.29, 0.717) is 28.3 Å². The third-order valence-corrected chi connectivity index (χ3v) is 3.42. The first-order valence-corrected chi connectivity index (χ1v) is 7.14. The van der Waals surface area contributed by atoms with E-state index in [2.05, 4.69) is 25.0 Å². The monoisotopic (exact) mass is 347 g/mol. The summed E-state index contributed by atoms with van der Waals surface area (Å²) < 4.78 is 43.3. The Morgan fingerprint density at radius 2 is 2.00 bits per heavy atom. The molecule has 0 amide bonds. The van der Waals surface area contributed by atoms with Crippen molar-refractivity contribution >= 4 is 11.9 Å². The van der Waals surface area contributed by atoms with Crippen LogP contribution in [0.15, 0.2) is 47.4 Å². The molecule has 0 radical (unpaired) electrons. The smallest absolute Gasteiger partial charge is 0.376 e. The molecule has 0 spiro atoms. The first-order chi connectivity index (χ1) is 12.0. The molecular weight excluding hydrogens is 335 g/mol. The van der Waals surface area contributed by atoms with Crippen LogP contribution in [0.3, 0.4) is 0 Å². The summed E-state index contributed by atoms with van der Waals surface area (Å²) in [6.07, 6.45) is -0.756. The van der Waals surface area contributed by atoms with Crippen LogP contribution in [0.4, 0.5) is 18.9 Å². The number of rotatable bonds is 5. The van der Waals surface area contributed by atoms with Crippen molar-refractivity contribution in [1.82, 2.24) is 15.1 Å². The summed E-state index contributed by atoms with van der Waals surface area (Å²) in [6.45, 7) is 0.227. The van der Waals surface area contributed by atoms with Gasteiger partial charge >= 0.3 is 6.18 Å². The van der Waals surface area contributed by atoms with Gasteiger partial charge in [-0.05, 0) is 23.8 Å². The molecule has 3 rings (SSSR count). The van der Waals surface area contributed by atoms with Crippen LogP contribution >= 0.6 is 0 Å². The van der Waals surface area contributed by atoms with Gasteiger partial charge in [0.05, 0.1) is 17.8 Å². The number of pyridine rings is 1. The van der Waals surface area contributed by atoms with Crippen LogP contribution < -0.4 is 5.32 Å². The van der Waals surface area contributed by atoms with Gasteiger partial charge in [0.25, 0.3) is 0 Å². The minimum atomic E-state index is -4.42. The number of hydrogen-bond donors (Lipinski definition) is 2. The third-order valence-electron chi connectivity index (χ3n) is 3.42. The maximum Gasteiger partial charge on any atom is 0.416 e. The summed E-state index contributed by atoms with van der Waals surface area (Å²) in [7, 11) is 0. The highest BCUT2D eigenvalue weighted by molar-refractivity contribution is 5.85. The lowest BCUT2D eigenvalue weighted by Gasteiger charge is -2.11. The minimum absolute atomic E-state index is 0.227. The number of halogens is 3. The average molecular weight is 347 g/mol. The lowest BCUT2D eigenvalue weighted by Crippen LogP contribution is -2.06. The number of nitrogens with one attached hydrogen (secondary N) is 2. The van der Waals surface area contributed by atoms with Gasteiger partial charge in [-0.3, -0.25) is 4.98 Å². The molecule has 2 heterocycles. The summed E-state index contributed by atoms with van der Waals surface area (Å²) in [6, 6.07) is 6.61. The molecule has 128 valence electrons. The first kappa shape index (κ1) is 16.6. The van der Waals surface area contributed by atoms with Crippen molar-refractivity contribution in [1.29, 1.82) is 5.41 Å². The molecule has 0 aliphatic carbocycles. The summed E-state index contributed by atoms with van der Waals surface area (Å²) in [5, 5.41) is 14.1. The summed E-state index contributed by atoms with van der Waals surface area (Å²) in [4.78, 5) is 7.98. The Morgan fingerprint density at radius 3 is 2.68 bits per heavy atom. The number of aromatic nitrogens is 3. The van der Waals surface area contributed by atoms with Gasteiger partial charge in [-0.25, -0.2) is 0 Å². The van der Waals surface area contributed by atoms with E-state index in [0.717, 1.165) is 18.3 Å². The van der Waals surface area contributed by atoms with Gasteiger partial charge in [0.1, 0.15) is 5.69 Å². The average Bonchev–Trinajstić information content (AvgIpc) is 3.12. The molecule has 0 aliphatic rings. The Hall–Kier alpha value is -3.23. The van der Waals surface area contributed by atoms with Crippen LogP contribution in [0.5, 0.6) is 0 Å². The van der Waals surface area contributed by atoms with Gasteiger partial charge in [0.15, 0.2) is 5.82 Å². The molecule has 0 aliphatic heterocycles. The molecule has 2 N–H and O–H groups in total. The van der Waals surface area contributed by atoms with E-state index >= 15 is 0 Å². The van der Waals surface area contributed by atoms with E-state index in [9.17, 15) is 13.2 Å². The quantitative estimate of drug-likeness (QED) is 0.686. The number of benzene rings is 1. The molecule has 2 aromatic heterocycles. The maximum absolute atomic E-state index is 12.9. The fourth-order valence-electron chi connectivity index (χ4n) is 2.21. The van der Waals surface area contributed by atoms with E-state index in [1.807, 2.05) is 0 Å². The predicted molar refractivity (Wildman–Crippen MR) is 84.2 cm³/mol. The number of alkyl halides is 3. The second kappa shape index (κ2) is 6.71. The van der Waals surface area contributed by atoms with Gasteiger partial charge in [-0.2, -0.15) is 18.2 Å². The molecule has 0 atom stereocenters. The van der Waals surface area contributed by atoms with Gasteiger partial charge in [-0.1, -0.05) is 17.3 Å². The van der Waals surface area contributed by atoms with E-state index in [1.165, 1.54) is 18.7 Å². The molecule has 25 heavy (non-hydrogen) atoms. The zero-order chi connectivity index (χ0) is 17.9. The fraction of sp³-hybridized carbons (Fsp3) is 0.125. The predicted octanol–water partition coefficient (Wildman–Crippen LogP) is 3.76. The van der Waals surface area contributed by atoms with Crippen LogP contribution in [0.2, 0.25) is 0 Å². The minimum Gasteiger partial charge on any atom is -0.376 e. The molecule has 0 saturated heterocycles. The second-order valence-corrected chi connectivity index (χ2v) is 5.08. The fourth-order valence-corrected chi connectivity index (χ4v) is 2.21. The highest BCUT2D eigenvalue weighted by atomic mass is 19.4. The normalized spacial score (nSPS) is 11.3.